The number of nitrogens with one attached hydrogen (secondary N) is 1. The Labute approximate surface area is 129 Å². The van der Waals surface area contributed by atoms with Gasteiger partial charge in [-0.2, -0.15) is 4.68 Å². The molecule has 2 aromatic carbocycles. The van der Waals surface area contributed by atoms with Crippen LogP contribution in [0.25, 0.3) is 28.0 Å². The lowest BCUT2D eigenvalue weighted by atomic mass is 10.1. The van der Waals surface area contributed by atoms with Crippen LogP contribution in [0.3, 0.4) is 0 Å². The van der Waals surface area contributed by atoms with Crippen molar-refractivity contribution in [3.63, 3.8) is 0 Å². The van der Waals surface area contributed by atoms with Gasteiger partial charge in [0, 0.05) is 27.7 Å². The third-order valence-electron chi connectivity index (χ3n) is 3.43. The Morgan fingerprint density at radius 2 is 1.91 bits per heavy atom. The van der Waals surface area contributed by atoms with Crippen molar-refractivity contribution < 1.29 is 4.39 Å². The van der Waals surface area contributed by atoms with Crippen LogP contribution in [-0.4, -0.2) is 25.2 Å². The van der Waals surface area contributed by atoms with Gasteiger partial charge in [-0.05, 0) is 52.9 Å². The van der Waals surface area contributed by atoms with E-state index in [4.69, 9.17) is 11.6 Å². The highest BCUT2D eigenvalue weighted by Crippen LogP contribution is 2.28. The summed E-state index contributed by atoms with van der Waals surface area (Å²) in [5.74, 6) is 0.220. The fourth-order valence-electron chi connectivity index (χ4n) is 2.39. The molecule has 0 bridgehead atoms. The highest BCUT2D eigenvalue weighted by atomic mass is 35.5. The van der Waals surface area contributed by atoms with E-state index in [0.717, 1.165) is 22.2 Å². The lowest BCUT2D eigenvalue weighted by molar-refractivity contribution is 0.630. The summed E-state index contributed by atoms with van der Waals surface area (Å²) in [6.45, 7) is 0. The van der Waals surface area contributed by atoms with E-state index in [2.05, 4.69) is 20.5 Å². The molecule has 0 aliphatic carbocycles. The van der Waals surface area contributed by atoms with E-state index in [1.807, 2.05) is 12.1 Å². The monoisotopic (exact) mass is 313 g/mol. The van der Waals surface area contributed by atoms with Gasteiger partial charge in [0.2, 0.25) is 0 Å². The van der Waals surface area contributed by atoms with Gasteiger partial charge in [0.05, 0.1) is 5.69 Å². The minimum atomic E-state index is -0.307. The second-order valence-corrected chi connectivity index (χ2v) is 5.22. The van der Waals surface area contributed by atoms with Gasteiger partial charge in [0.25, 0.3) is 0 Å². The number of hydrogen-bond donors (Lipinski definition) is 1. The zero-order valence-corrected chi connectivity index (χ0v) is 11.9. The van der Waals surface area contributed by atoms with Gasteiger partial charge in [-0.25, -0.2) is 4.39 Å². The van der Waals surface area contributed by atoms with Crippen LogP contribution < -0.4 is 0 Å². The molecular weight excluding hydrogens is 305 g/mol. The molecule has 0 spiro atoms. The maximum atomic E-state index is 13.5. The largest absolute Gasteiger partial charge is 0.360 e. The topological polar surface area (TPSA) is 59.4 Å². The Balaban J connectivity index is 1.91. The van der Waals surface area contributed by atoms with Gasteiger partial charge in [-0.1, -0.05) is 11.6 Å². The molecule has 22 heavy (non-hydrogen) atoms. The van der Waals surface area contributed by atoms with E-state index < -0.39 is 0 Å². The van der Waals surface area contributed by atoms with Gasteiger partial charge >= 0.3 is 0 Å². The quantitative estimate of drug-likeness (QED) is 0.615. The van der Waals surface area contributed by atoms with Gasteiger partial charge < -0.3 is 4.98 Å². The van der Waals surface area contributed by atoms with Crippen LogP contribution in [0.5, 0.6) is 0 Å². The van der Waals surface area contributed by atoms with E-state index >= 15 is 0 Å². The Kier molecular flexibility index (Phi) is 2.90. The molecule has 0 saturated heterocycles. The Morgan fingerprint density at radius 3 is 2.73 bits per heavy atom. The molecule has 4 aromatic rings. The maximum Gasteiger partial charge on any atom is 0.189 e. The third kappa shape index (κ3) is 2.05. The van der Waals surface area contributed by atoms with E-state index in [9.17, 15) is 4.39 Å². The lowest BCUT2D eigenvalue weighted by Gasteiger charge is -2.04. The minimum Gasteiger partial charge on any atom is -0.360 e. The highest BCUT2D eigenvalue weighted by Gasteiger charge is 2.15. The number of benzene rings is 2. The summed E-state index contributed by atoms with van der Waals surface area (Å²) >= 11 is 5.90. The zero-order valence-electron chi connectivity index (χ0n) is 11.2. The number of fused-ring (bicyclic) bond motifs is 1. The van der Waals surface area contributed by atoms with Crippen LogP contribution >= 0.6 is 11.6 Å². The summed E-state index contributed by atoms with van der Waals surface area (Å²) in [4.78, 5) is 3.09. The van der Waals surface area contributed by atoms with Crippen molar-refractivity contribution in [2.75, 3.05) is 0 Å². The molecule has 0 saturated carbocycles. The summed E-state index contributed by atoms with van der Waals surface area (Å²) in [5, 5.41) is 13.2. The molecule has 0 amide bonds. The number of rotatable bonds is 2. The predicted molar refractivity (Wildman–Crippen MR) is 81.4 cm³/mol. The first-order valence-electron chi connectivity index (χ1n) is 6.54. The molecule has 0 atom stereocenters. The van der Waals surface area contributed by atoms with Gasteiger partial charge in [-0.15, -0.1) is 5.10 Å². The first-order chi connectivity index (χ1) is 10.7. The van der Waals surface area contributed by atoms with E-state index in [1.54, 1.807) is 29.1 Å². The van der Waals surface area contributed by atoms with Crippen molar-refractivity contribution in [3.8, 4) is 17.1 Å². The summed E-state index contributed by atoms with van der Waals surface area (Å²) in [5.41, 5.74) is 2.33. The molecule has 1 N–H and O–H groups in total. The van der Waals surface area contributed by atoms with Gasteiger partial charge in [0.1, 0.15) is 5.82 Å². The molecule has 2 aromatic heterocycles. The normalized spacial score (nSPS) is 11.2. The van der Waals surface area contributed by atoms with E-state index in [-0.39, 0.29) is 5.82 Å². The molecule has 2 heterocycles. The van der Waals surface area contributed by atoms with Crippen LogP contribution in [0.4, 0.5) is 4.39 Å². The number of halogens is 2. The molecule has 5 nitrogen and oxygen atoms in total. The summed E-state index contributed by atoms with van der Waals surface area (Å²) < 4.78 is 15.1. The number of H-pyrrole nitrogens is 1. The standard InChI is InChI=1S/C15H9ClFN5/c16-9-1-4-11(5-2-9)22-15(19-20-21-22)13-8-18-14-6-3-10(17)7-12(13)14/h1-8,18H. The second-order valence-electron chi connectivity index (χ2n) is 4.78. The first kappa shape index (κ1) is 13.0. The van der Waals surface area contributed by atoms with Crippen molar-refractivity contribution in [3.05, 3.63) is 59.5 Å². The molecule has 0 aliphatic rings. The van der Waals surface area contributed by atoms with E-state index in [0.29, 0.717) is 10.8 Å². The zero-order chi connectivity index (χ0) is 15.1. The number of tetrazole rings is 1. The fraction of sp³-hybridized carbons (Fsp3) is 0. The SMILES string of the molecule is Fc1ccc2[nH]cc(-c3nnnn3-c3ccc(Cl)cc3)c2c1. The van der Waals surface area contributed by atoms with Gasteiger partial charge in [-0.3, -0.25) is 0 Å². The molecule has 0 radical (unpaired) electrons. The van der Waals surface area contributed by atoms with E-state index in [1.165, 1.54) is 12.1 Å². The Morgan fingerprint density at radius 1 is 1.09 bits per heavy atom. The second kappa shape index (κ2) is 4.92. The van der Waals surface area contributed by atoms with Crippen LogP contribution in [0.15, 0.2) is 48.7 Å². The van der Waals surface area contributed by atoms with Crippen molar-refractivity contribution in [2.45, 2.75) is 0 Å². The molecule has 4 rings (SSSR count). The smallest absolute Gasteiger partial charge is 0.189 e. The first-order valence-corrected chi connectivity index (χ1v) is 6.91. The maximum absolute atomic E-state index is 13.5. The number of aromatic amines is 1. The Hall–Kier alpha value is -2.73. The van der Waals surface area contributed by atoms with Crippen molar-refractivity contribution in [1.29, 1.82) is 0 Å². The average molecular weight is 314 g/mol. The molecule has 0 unspecified atom stereocenters. The Bertz CT molecular complexity index is 958. The summed E-state index contributed by atoms with van der Waals surface area (Å²) in [6.07, 6.45) is 1.77. The molecule has 7 heteroatoms. The lowest BCUT2D eigenvalue weighted by Crippen LogP contribution is -1.99. The fourth-order valence-corrected chi connectivity index (χ4v) is 2.52. The molecule has 0 aliphatic heterocycles. The minimum absolute atomic E-state index is 0.307. The molecule has 0 fully saturated rings. The van der Waals surface area contributed by atoms with Crippen LogP contribution in [-0.2, 0) is 0 Å². The summed E-state index contributed by atoms with van der Waals surface area (Å²) in [7, 11) is 0. The van der Waals surface area contributed by atoms with Crippen molar-refractivity contribution >= 4 is 22.5 Å². The molecular formula is C15H9ClFN5. The number of hydrogen-bond acceptors (Lipinski definition) is 3. The van der Waals surface area contributed by atoms with Gasteiger partial charge in [0.15, 0.2) is 5.82 Å². The van der Waals surface area contributed by atoms with Crippen LogP contribution in [0.2, 0.25) is 5.02 Å². The van der Waals surface area contributed by atoms with Crippen molar-refractivity contribution in [1.82, 2.24) is 25.2 Å². The highest BCUT2D eigenvalue weighted by molar-refractivity contribution is 6.30. The average Bonchev–Trinajstić information content (AvgIpc) is 3.13. The van der Waals surface area contributed by atoms with Crippen LogP contribution in [0, 0.1) is 5.82 Å². The number of aromatic nitrogens is 5. The predicted octanol–water partition coefficient (Wildman–Crippen LogP) is 3.60. The number of nitrogens with zero attached hydrogens (tertiary/aromatic N) is 4. The van der Waals surface area contributed by atoms with Crippen molar-refractivity contribution in [2.24, 2.45) is 0 Å². The van der Waals surface area contributed by atoms with Crippen LogP contribution in [0.1, 0.15) is 0 Å². The summed E-state index contributed by atoms with van der Waals surface area (Å²) in [6, 6.07) is 11.7. The third-order valence-corrected chi connectivity index (χ3v) is 3.68. The molecule has 108 valence electrons.